The van der Waals surface area contributed by atoms with Gasteiger partial charge >= 0.3 is 5.97 Å². The summed E-state index contributed by atoms with van der Waals surface area (Å²) in [5.41, 5.74) is 5.89. The predicted octanol–water partition coefficient (Wildman–Crippen LogP) is 6.16. The lowest BCUT2D eigenvalue weighted by molar-refractivity contribution is -0.147. The first-order chi connectivity index (χ1) is 30.0. The first-order valence-electron chi connectivity index (χ1n) is 23.2. The monoisotopic (exact) mass is 900 g/mol. The second-order valence-corrected chi connectivity index (χ2v) is 18.9. The molecule has 1 fully saturated rings. The summed E-state index contributed by atoms with van der Waals surface area (Å²) in [4.78, 5) is 75.6. The lowest BCUT2D eigenvalue weighted by atomic mass is 9.84. The van der Waals surface area contributed by atoms with E-state index in [0.717, 1.165) is 50.6 Å². The number of carbonyl (C=O) groups is 5. The molecule has 6 atom stereocenters. The van der Waals surface area contributed by atoms with E-state index in [9.17, 15) is 34.2 Å². The molecule has 1 saturated heterocycles. The first-order valence-corrected chi connectivity index (χ1v) is 24.0. The Bertz CT molecular complexity index is 1740. The van der Waals surface area contributed by atoms with Crippen LogP contribution in [0.3, 0.4) is 0 Å². The van der Waals surface area contributed by atoms with Gasteiger partial charge in [-0.2, -0.15) is 0 Å². The number of ether oxygens (including phenoxy) is 1. The molecule has 0 spiro atoms. The third-order valence-corrected chi connectivity index (χ3v) is 13.2. The number of aliphatic carboxylic acids is 1. The first kappa shape index (κ1) is 53.4. The molecule has 3 rings (SSSR count). The van der Waals surface area contributed by atoms with E-state index in [2.05, 4.69) is 36.7 Å². The molecule has 0 bridgehead atoms. The number of benzene rings is 1. The second kappa shape index (κ2) is 26.7. The summed E-state index contributed by atoms with van der Waals surface area (Å²) in [7, 11) is 0. The maximum absolute atomic E-state index is 15.0. The number of β-amino-alcohol motifs (C(OH)–C–C–N with tert-alkyl or cyclic N) is 1. The molecule has 2 heterocycles. The highest BCUT2D eigenvalue weighted by Crippen LogP contribution is 2.32. The summed E-state index contributed by atoms with van der Waals surface area (Å²) in [6, 6.07) is 5.14. The summed E-state index contributed by atoms with van der Waals surface area (Å²) >= 11 is 1.31. The van der Waals surface area contributed by atoms with E-state index < -0.39 is 41.5 Å². The molecular formula is C47H77N7O8S. The number of hydrogen-bond donors (Lipinski definition) is 6. The van der Waals surface area contributed by atoms with Gasteiger partial charge in [-0.3, -0.25) is 28.9 Å². The number of piperidine rings is 1. The molecule has 15 nitrogen and oxygen atoms in total. The molecular weight excluding hydrogens is 823 g/mol. The number of carboxylic acid groups (broad SMARTS) is 1. The highest BCUT2D eigenvalue weighted by atomic mass is 32.1. The van der Waals surface area contributed by atoms with Gasteiger partial charge in [0, 0.05) is 49.3 Å². The summed E-state index contributed by atoms with van der Waals surface area (Å²) < 4.78 is 6.36. The Morgan fingerprint density at radius 1 is 1.03 bits per heavy atom. The van der Waals surface area contributed by atoms with Crippen molar-refractivity contribution in [2.75, 3.05) is 44.7 Å². The van der Waals surface area contributed by atoms with E-state index in [1.165, 1.54) is 11.3 Å². The Morgan fingerprint density at radius 2 is 1.75 bits per heavy atom. The van der Waals surface area contributed by atoms with Crippen molar-refractivity contribution in [3.63, 3.8) is 0 Å². The minimum absolute atomic E-state index is 0.0156. The van der Waals surface area contributed by atoms with E-state index in [-0.39, 0.29) is 60.9 Å². The van der Waals surface area contributed by atoms with Gasteiger partial charge in [0.1, 0.15) is 22.8 Å². The van der Waals surface area contributed by atoms with Crippen LogP contribution >= 0.6 is 11.3 Å². The second-order valence-electron chi connectivity index (χ2n) is 18.0. The zero-order valence-corrected chi connectivity index (χ0v) is 39.9. The summed E-state index contributed by atoms with van der Waals surface area (Å²) in [5, 5.41) is 30.9. The average Bonchev–Trinajstić information content (AvgIpc) is 3.75. The molecule has 1 aromatic carbocycles. The van der Waals surface area contributed by atoms with Crippen molar-refractivity contribution in [2.45, 2.75) is 156 Å². The van der Waals surface area contributed by atoms with Gasteiger partial charge in [0.25, 0.3) is 5.91 Å². The number of likely N-dealkylation sites (tertiary alicyclic amines) is 1. The van der Waals surface area contributed by atoms with E-state index in [1.54, 1.807) is 31.4 Å². The number of nitrogens with two attached hydrogens (primary N) is 1. The quantitative estimate of drug-likeness (QED) is 0.0532. The fourth-order valence-corrected chi connectivity index (χ4v) is 9.12. The molecule has 7 N–H and O–H groups in total. The third kappa shape index (κ3) is 16.5. The number of rotatable bonds is 28. The molecule has 354 valence electrons. The van der Waals surface area contributed by atoms with Crippen LogP contribution in [0.1, 0.15) is 147 Å². The molecule has 0 radical (unpaired) electrons. The van der Waals surface area contributed by atoms with Crippen LogP contribution in [0.25, 0.3) is 0 Å². The normalized spacial score (nSPS) is 17.0. The molecule has 1 aliphatic heterocycles. The van der Waals surface area contributed by atoms with E-state index >= 15 is 0 Å². The average molecular weight is 900 g/mol. The fourth-order valence-electron chi connectivity index (χ4n) is 8.26. The van der Waals surface area contributed by atoms with Gasteiger partial charge < -0.3 is 41.5 Å². The molecule has 63 heavy (non-hydrogen) atoms. The van der Waals surface area contributed by atoms with E-state index in [1.807, 2.05) is 42.7 Å². The van der Waals surface area contributed by atoms with Crippen molar-refractivity contribution < 1.29 is 38.9 Å². The van der Waals surface area contributed by atoms with Gasteiger partial charge in [0.05, 0.1) is 24.6 Å². The number of amides is 4. The number of thiazole rings is 1. The maximum Gasteiger partial charge on any atom is 0.309 e. The van der Waals surface area contributed by atoms with Crippen LogP contribution in [0, 0.1) is 17.3 Å². The zero-order chi connectivity index (χ0) is 46.7. The van der Waals surface area contributed by atoms with Gasteiger partial charge in [0.15, 0.2) is 0 Å². The number of anilines is 1. The van der Waals surface area contributed by atoms with Crippen LogP contribution in [0.2, 0.25) is 0 Å². The van der Waals surface area contributed by atoms with Gasteiger partial charge in [-0.15, -0.1) is 11.3 Å². The van der Waals surface area contributed by atoms with Crippen molar-refractivity contribution in [1.82, 2.24) is 25.4 Å². The van der Waals surface area contributed by atoms with Crippen LogP contribution < -0.4 is 21.7 Å². The zero-order valence-electron chi connectivity index (χ0n) is 39.1. The Balaban J connectivity index is 1.91. The van der Waals surface area contributed by atoms with Gasteiger partial charge in [-0.25, -0.2) is 4.98 Å². The Morgan fingerprint density at radius 3 is 2.35 bits per heavy atom. The van der Waals surface area contributed by atoms with Crippen molar-refractivity contribution >= 4 is 46.6 Å². The van der Waals surface area contributed by atoms with Gasteiger partial charge in [0.2, 0.25) is 17.7 Å². The fraction of sp³-hybridized carbons (Fsp3) is 0.702. The topological polar surface area (TPSA) is 217 Å². The number of carbonyl (C=O) groups excluding carboxylic acids is 4. The predicted molar refractivity (Wildman–Crippen MR) is 248 cm³/mol. The lowest BCUT2D eigenvalue weighted by Crippen LogP contribution is -2.59. The van der Waals surface area contributed by atoms with Crippen molar-refractivity contribution in [1.29, 1.82) is 0 Å². The van der Waals surface area contributed by atoms with Crippen molar-refractivity contribution in [2.24, 2.45) is 23.0 Å². The standard InChI is InChI=1S/C47H77N7O8S/c1-9-12-13-15-23-54(45(59)41(32(6)10-2)52-43(58)37-17-14-16-22-53(37)24-25-55)38(31(4)5)27-39(62-11-3)44-51-36(30-63-44)42(57)50-35(28-47(7,8)46(60)61)26-33-18-20-34(21-19-33)49-40(56)29-48/h18-21,30-32,35,37-39,41,55H,9-17,22-29,48H2,1-8H3,(H,49,56)(H,50,57)(H,52,58)(H,60,61)/t32-,35?,37?,38+,39+,41-/m0/s1. The highest BCUT2D eigenvalue weighted by molar-refractivity contribution is 7.09. The van der Waals surface area contributed by atoms with Crippen molar-refractivity contribution in [3.8, 4) is 0 Å². The molecule has 16 heteroatoms. The maximum atomic E-state index is 15.0. The number of hydrogen-bond acceptors (Lipinski definition) is 11. The smallest absolute Gasteiger partial charge is 0.309 e. The molecule has 1 aromatic heterocycles. The molecule has 2 aromatic rings. The summed E-state index contributed by atoms with van der Waals surface area (Å²) in [6.07, 6.45) is 7.49. The van der Waals surface area contributed by atoms with Crippen LogP contribution in [0.15, 0.2) is 29.6 Å². The van der Waals surface area contributed by atoms with E-state index in [4.69, 9.17) is 15.5 Å². The molecule has 4 amide bonds. The Labute approximate surface area is 379 Å². The molecule has 0 aliphatic carbocycles. The Hall–Kier alpha value is -3.96. The highest BCUT2D eigenvalue weighted by Gasteiger charge is 2.39. The van der Waals surface area contributed by atoms with Crippen molar-refractivity contribution in [3.05, 3.63) is 45.9 Å². The summed E-state index contributed by atoms with van der Waals surface area (Å²) in [6.45, 7) is 17.4. The third-order valence-electron chi connectivity index (χ3n) is 12.2. The Kier molecular flexibility index (Phi) is 22.7. The lowest BCUT2D eigenvalue weighted by Gasteiger charge is -2.40. The number of aliphatic hydroxyl groups is 1. The minimum Gasteiger partial charge on any atom is -0.481 e. The van der Waals surface area contributed by atoms with Gasteiger partial charge in [-0.05, 0) is 89.0 Å². The molecule has 0 saturated carbocycles. The minimum atomic E-state index is -1.14. The number of aliphatic hydroxyl groups excluding tert-OH is 1. The largest absolute Gasteiger partial charge is 0.481 e. The number of nitrogens with one attached hydrogen (secondary N) is 3. The SMILES string of the molecule is CCCCCCN(C(=O)[C@@H](NC(=O)C1CCCCN1CCO)[C@@H](C)CC)[C@H](C[C@@H](OCC)c1nc(C(=O)NC(Cc2ccc(NC(=O)CN)cc2)CC(C)(C)C(=O)O)cs1)C(C)C. The van der Waals surface area contributed by atoms with Crippen LogP contribution in [-0.2, 0) is 30.3 Å². The van der Waals surface area contributed by atoms with Crippen LogP contribution in [0.5, 0.6) is 0 Å². The van der Waals surface area contributed by atoms with Crippen LogP contribution in [-0.4, -0.2) is 118 Å². The molecule has 1 aliphatic rings. The van der Waals surface area contributed by atoms with E-state index in [0.29, 0.717) is 56.1 Å². The number of nitrogens with zero attached hydrogens (tertiary/aromatic N) is 3. The number of carboxylic acids is 1. The number of aromatic nitrogens is 1. The van der Waals surface area contributed by atoms with Crippen LogP contribution in [0.4, 0.5) is 5.69 Å². The number of unbranched alkanes of at least 4 members (excludes halogenated alkanes) is 3. The van der Waals surface area contributed by atoms with Gasteiger partial charge in [-0.1, -0.05) is 78.9 Å². The molecule has 2 unspecified atom stereocenters. The summed E-state index contributed by atoms with van der Waals surface area (Å²) in [5.74, 6) is -2.15.